The molecule has 1 aliphatic heterocycles. The Labute approximate surface area is 117 Å². The summed E-state index contributed by atoms with van der Waals surface area (Å²) in [5, 5.41) is 26.0. The van der Waals surface area contributed by atoms with Gasteiger partial charge in [0.15, 0.2) is 0 Å². The van der Waals surface area contributed by atoms with Crippen LogP contribution in [0.3, 0.4) is 0 Å². The lowest BCUT2D eigenvalue weighted by Gasteiger charge is -2.38. The predicted molar refractivity (Wildman–Crippen MR) is 70.8 cm³/mol. The van der Waals surface area contributed by atoms with Crippen molar-refractivity contribution in [2.75, 3.05) is 19.7 Å². The van der Waals surface area contributed by atoms with E-state index in [1.807, 2.05) is 6.92 Å². The molecule has 2 atom stereocenters. The van der Waals surface area contributed by atoms with E-state index >= 15 is 0 Å². The minimum Gasteiger partial charge on any atom is -0.393 e. The topological polar surface area (TPSA) is 104 Å². The minimum absolute atomic E-state index is 0.140. The molecule has 0 bridgehead atoms. The number of hydrogen-bond donors (Lipinski definition) is 3. The van der Waals surface area contributed by atoms with Crippen molar-refractivity contribution in [2.24, 2.45) is 7.05 Å². The third-order valence-electron chi connectivity index (χ3n) is 3.61. The lowest BCUT2D eigenvalue weighted by molar-refractivity contribution is -0.0571. The van der Waals surface area contributed by atoms with Crippen LogP contribution in [0, 0.1) is 0 Å². The quantitative estimate of drug-likeness (QED) is 0.687. The number of aromatic nitrogens is 3. The molecule has 1 aromatic rings. The highest BCUT2D eigenvalue weighted by Gasteiger charge is 2.35. The molecule has 0 aliphatic carbocycles. The number of likely N-dealkylation sites (tertiary alicyclic amines) is 1. The molecule has 1 saturated heterocycles. The van der Waals surface area contributed by atoms with Crippen molar-refractivity contribution in [3.05, 3.63) is 12.2 Å². The molecule has 1 aromatic heterocycles. The molecule has 0 aromatic carbocycles. The third kappa shape index (κ3) is 3.07. The van der Waals surface area contributed by atoms with Crippen LogP contribution in [-0.2, 0) is 7.05 Å². The molecule has 3 N–H and O–H groups in total. The molecule has 8 heteroatoms. The summed E-state index contributed by atoms with van der Waals surface area (Å²) in [4.78, 5) is 17.8. The fourth-order valence-electron chi connectivity index (χ4n) is 2.45. The Balaban J connectivity index is 1.96. The van der Waals surface area contributed by atoms with Gasteiger partial charge < -0.3 is 20.4 Å². The van der Waals surface area contributed by atoms with Gasteiger partial charge >= 0.3 is 6.03 Å². The van der Waals surface area contributed by atoms with Crippen LogP contribution in [-0.4, -0.2) is 61.2 Å². The zero-order valence-corrected chi connectivity index (χ0v) is 11.8. The fraction of sp³-hybridized carbons (Fsp3) is 0.750. The van der Waals surface area contributed by atoms with Crippen LogP contribution in [0.1, 0.15) is 31.6 Å². The smallest absolute Gasteiger partial charge is 0.318 e. The minimum atomic E-state index is -1.19. The van der Waals surface area contributed by atoms with E-state index in [9.17, 15) is 15.0 Å². The molecule has 20 heavy (non-hydrogen) atoms. The van der Waals surface area contributed by atoms with Gasteiger partial charge in [0.05, 0.1) is 19.2 Å². The summed E-state index contributed by atoms with van der Waals surface area (Å²) in [6.07, 6.45) is 2.61. The number of amides is 2. The summed E-state index contributed by atoms with van der Waals surface area (Å²) in [5.74, 6) is 0.660. The molecular formula is C12H21N5O3. The van der Waals surface area contributed by atoms with Crippen LogP contribution in [0.5, 0.6) is 0 Å². The number of aliphatic hydroxyl groups is 2. The highest BCUT2D eigenvalue weighted by Crippen LogP contribution is 2.21. The number of nitrogens with one attached hydrogen (secondary N) is 1. The number of β-amino-alcohol motifs (C(OH)–C–C–N with tert-alkyl or cyclic N) is 1. The van der Waals surface area contributed by atoms with E-state index in [4.69, 9.17) is 0 Å². The molecule has 8 nitrogen and oxygen atoms in total. The maximum absolute atomic E-state index is 12.2. The van der Waals surface area contributed by atoms with Gasteiger partial charge in [-0.1, -0.05) is 0 Å². The zero-order chi connectivity index (χ0) is 14.8. The first-order chi connectivity index (χ1) is 9.45. The van der Waals surface area contributed by atoms with E-state index in [1.54, 1.807) is 11.7 Å². The SMILES string of the molecule is CC(NC(=O)N1CCCC(O)(CO)C1)c1ncnn1C. The Morgan fingerprint density at radius 2 is 2.40 bits per heavy atom. The number of aliphatic hydroxyl groups excluding tert-OH is 1. The van der Waals surface area contributed by atoms with E-state index < -0.39 is 5.60 Å². The summed E-state index contributed by atoms with van der Waals surface area (Å²) in [6.45, 7) is 2.19. The molecule has 2 rings (SSSR count). The van der Waals surface area contributed by atoms with Gasteiger partial charge in [0, 0.05) is 13.6 Å². The van der Waals surface area contributed by atoms with Gasteiger partial charge in [0.2, 0.25) is 0 Å². The van der Waals surface area contributed by atoms with Crippen molar-refractivity contribution in [1.82, 2.24) is 25.0 Å². The summed E-state index contributed by atoms with van der Waals surface area (Å²) in [6, 6.07) is -0.550. The lowest BCUT2D eigenvalue weighted by atomic mass is 9.94. The Morgan fingerprint density at radius 1 is 1.65 bits per heavy atom. The molecule has 0 saturated carbocycles. The first-order valence-corrected chi connectivity index (χ1v) is 6.68. The van der Waals surface area contributed by atoms with Crippen molar-refractivity contribution in [1.29, 1.82) is 0 Å². The number of aryl methyl sites for hydroxylation is 1. The third-order valence-corrected chi connectivity index (χ3v) is 3.61. The molecule has 0 radical (unpaired) electrons. The van der Waals surface area contributed by atoms with Crippen molar-refractivity contribution >= 4 is 6.03 Å². The number of hydrogen-bond acceptors (Lipinski definition) is 5. The van der Waals surface area contributed by atoms with Crippen LogP contribution >= 0.6 is 0 Å². The first-order valence-electron chi connectivity index (χ1n) is 6.68. The first kappa shape index (κ1) is 14.7. The monoisotopic (exact) mass is 283 g/mol. The maximum atomic E-state index is 12.2. The molecule has 1 fully saturated rings. The summed E-state index contributed by atoms with van der Waals surface area (Å²) >= 11 is 0. The van der Waals surface area contributed by atoms with Crippen molar-refractivity contribution in [3.8, 4) is 0 Å². The van der Waals surface area contributed by atoms with E-state index in [1.165, 1.54) is 11.2 Å². The van der Waals surface area contributed by atoms with Crippen LogP contribution in [0.25, 0.3) is 0 Å². The van der Waals surface area contributed by atoms with E-state index in [2.05, 4.69) is 15.4 Å². The van der Waals surface area contributed by atoms with Gasteiger partial charge in [-0.25, -0.2) is 9.78 Å². The van der Waals surface area contributed by atoms with Crippen LogP contribution in [0.4, 0.5) is 4.79 Å². The molecular weight excluding hydrogens is 262 g/mol. The molecule has 2 unspecified atom stereocenters. The van der Waals surface area contributed by atoms with Crippen molar-refractivity contribution in [2.45, 2.75) is 31.4 Å². The zero-order valence-electron chi connectivity index (χ0n) is 11.8. The molecule has 1 aliphatic rings. The van der Waals surface area contributed by atoms with Crippen LogP contribution < -0.4 is 5.32 Å². The number of nitrogens with zero attached hydrogens (tertiary/aromatic N) is 4. The summed E-state index contributed by atoms with van der Waals surface area (Å²) in [7, 11) is 1.76. The Morgan fingerprint density at radius 3 is 3.00 bits per heavy atom. The average Bonchev–Trinajstić information content (AvgIpc) is 2.85. The van der Waals surface area contributed by atoms with Gasteiger partial charge in [-0.2, -0.15) is 5.10 Å². The van der Waals surface area contributed by atoms with Gasteiger partial charge in [-0.15, -0.1) is 0 Å². The second kappa shape index (κ2) is 5.76. The number of carbonyl (C=O) groups is 1. The standard InChI is InChI=1S/C12H21N5O3/c1-9(10-13-8-14-16(10)2)15-11(19)17-5-3-4-12(20,6-17)7-18/h8-9,18,20H,3-7H2,1-2H3,(H,15,19). The Hall–Kier alpha value is -1.67. The van der Waals surface area contributed by atoms with Gasteiger partial charge in [0.25, 0.3) is 0 Å². The second-order valence-electron chi connectivity index (χ2n) is 5.32. The van der Waals surface area contributed by atoms with E-state index in [0.29, 0.717) is 25.2 Å². The molecule has 2 heterocycles. The molecule has 112 valence electrons. The summed E-state index contributed by atoms with van der Waals surface area (Å²) in [5.41, 5.74) is -1.19. The van der Waals surface area contributed by atoms with E-state index in [-0.39, 0.29) is 25.2 Å². The Kier molecular flexibility index (Phi) is 4.24. The van der Waals surface area contributed by atoms with Gasteiger partial charge in [-0.05, 0) is 19.8 Å². The predicted octanol–water partition coefficient (Wildman–Crippen LogP) is -0.595. The second-order valence-corrected chi connectivity index (χ2v) is 5.32. The number of carbonyl (C=O) groups excluding carboxylic acids is 1. The molecule has 0 spiro atoms. The average molecular weight is 283 g/mol. The number of rotatable bonds is 3. The van der Waals surface area contributed by atoms with Gasteiger partial charge in [0.1, 0.15) is 17.8 Å². The van der Waals surface area contributed by atoms with Crippen molar-refractivity contribution < 1.29 is 15.0 Å². The maximum Gasteiger partial charge on any atom is 0.318 e. The molecule has 2 amide bonds. The normalized spacial score (nSPS) is 24.5. The number of piperidine rings is 1. The van der Waals surface area contributed by atoms with E-state index in [0.717, 1.165) is 0 Å². The Bertz CT molecular complexity index is 477. The highest BCUT2D eigenvalue weighted by atomic mass is 16.3. The van der Waals surface area contributed by atoms with Crippen LogP contribution in [0.2, 0.25) is 0 Å². The fourth-order valence-corrected chi connectivity index (χ4v) is 2.45. The largest absolute Gasteiger partial charge is 0.393 e. The summed E-state index contributed by atoms with van der Waals surface area (Å²) < 4.78 is 1.60. The highest BCUT2D eigenvalue weighted by molar-refractivity contribution is 5.74. The lowest BCUT2D eigenvalue weighted by Crippen LogP contribution is -2.55. The van der Waals surface area contributed by atoms with Crippen molar-refractivity contribution in [3.63, 3.8) is 0 Å². The number of urea groups is 1. The van der Waals surface area contributed by atoms with Gasteiger partial charge in [-0.3, -0.25) is 4.68 Å². The van der Waals surface area contributed by atoms with Crippen LogP contribution in [0.15, 0.2) is 6.33 Å².